The molecule has 0 unspecified atom stereocenters. The van der Waals surface area contributed by atoms with Gasteiger partial charge in [0.2, 0.25) is 0 Å². The highest BCUT2D eigenvalue weighted by atomic mass is 15.1. The third kappa shape index (κ3) is 1.40. The SMILES string of the molecule is Nc1cccc2c1CN(CC1CC1)C2. The van der Waals surface area contributed by atoms with Gasteiger partial charge in [0.1, 0.15) is 0 Å². The number of nitrogens with two attached hydrogens (primary N) is 1. The maximum absolute atomic E-state index is 5.95. The predicted octanol–water partition coefficient (Wildman–Crippen LogP) is 1.99. The number of nitrogens with zero attached hydrogens (tertiary/aromatic N) is 1. The van der Waals surface area contributed by atoms with Crippen LogP contribution >= 0.6 is 0 Å². The van der Waals surface area contributed by atoms with Crippen molar-refractivity contribution in [3.05, 3.63) is 29.3 Å². The fourth-order valence-corrected chi connectivity index (χ4v) is 2.31. The quantitative estimate of drug-likeness (QED) is 0.719. The molecule has 14 heavy (non-hydrogen) atoms. The first-order valence-corrected chi connectivity index (χ1v) is 5.41. The van der Waals surface area contributed by atoms with E-state index in [0.29, 0.717) is 0 Å². The van der Waals surface area contributed by atoms with Crippen LogP contribution < -0.4 is 5.73 Å². The fraction of sp³-hybridized carbons (Fsp3) is 0.500. The van der Waals surface area contributed by atoms with Gasteiger partial charge < -0.3 is 5.73 Å². The Morgan fingerprint density at radius 2 is 2.14 bits per heavy atom. The molecule has 1 saturated carbocycles. The van der Waals surface area contributed by atoms with Crippen LogP contribution in [-0.2, 0) is 13.1 Å². The molecule has 0 radical (unpaired) electrons. The van der Waals surface area contributed by atoms with Gasteiger partial charge in [-0.25, -0.2) is 0 Å². The molecule has 0 saturated heterocycles. The number of nitrogen functional groups attached to an aromatic ring is 1. The molecule has 0 amide bonds. The van der Waals surface area contributed by atoms with Gasteiger partial charge in [-0.2, -0.15) is 0 Å². The Kier molecular flexibility index (Phi) is 1.77. The largest absolute Gasteiger partial charge is 0.398 e. The minimum atomic E-state index is 0.973. The van der Waals surface area contributed by atoms with Crippen LogP contribution in [0.25, 0.3) is 0 Å². The van der Waals surface area contributed by atoms with Crippen molar-refractivity contribution in [2.45, 2.75) is 25.9 Å². The summed E-state index contributed by atoms with van der Waals surface area (Å²) in [6.07, 6.45) is 2.87. The van der Waals surface area contributed by atoms with Gasteiger partial charge in [0.25, 0.3) is 0 Å². The van der Waals surface area contributed by atoms with Crippen LogP contribution in [0, 0.1) is 5.92 Å². The van der Waals surface area contributed by atoms with E-state index in [1.807, 2.05) is 6.07 Å². The Bertz CT molecular complexity index is 355. The molecular weight excluding hydrogens is 172 g/mol. The average Bonchev–Trinajstić information content (AvgIpc) is 2.84. The maximum atomic E-state index is 5.95. The van der Waals surface area contributed by atoms with Crippen molar-refractivity contribution in [1.82, 2.24) is 4.90 Å². The van der Waals surface area contributed by atoms with Gasteiger partial charge in [-0.3, -0.25) is 4.90 Å². The molecule has 1 aliphatic heterocycles. The Morgan fingerprint density at radius 1 is 1.29 bits per heavy atom. The van der Waals surface area contributed by atoms with E-state index in [1.165, 1.54) is 30.5 Å². The molecule has 2 N–H and O–H groups in total. The van der Waals surface area contributed by atoms with Gasteiger partial charge in [0.05, 0.1) is 0 Å². The third-order valence-electron chi connectivity index (χ3n) is 3.30. The van der Waals surface area contributed by atoms with Gasteiger partial charge in [-0.05, 0) is 36.0 Å². The smallest absolute Gasteiger partial charge is 0.0363 e. The third-order valence-corrected chi connectivity index (χ3v) is 3.30. The van der Waals surface area contributed by atoms with Gasteiger partial charge in [-0.1, -0.05) is 12.1 Å². The normalized spacial score (nSPS) is 21.1. The predicted molar refractivity (Wildman–Crippen MR) is 57.7 cm³/mol. The van der Waals surface area contributed by atoms with Crippen molar-refractivity contribution in [3.8, 4) is 0 Å². The van der Waals surface area contributed by atoms with Gasteiger partial charge in [0, 0.05) is 25.3 Å². The minimum absolute atomic E-state index is 0.973. The van der Waals surface area contributed by atoms with E-state index >= 15 is 0 Å². The molecule has 1 aromatic carbocycles. The highest BCUT2D eigenvalue weighted by molar-refractivity contribution is 5.52. The van der Waals surface area contributed by atoms with Crippen LogP contribution in [0.3, 0.4) is 0 Å². The zero-order valence-electron chi connectivity index (χ0n) is 8.37. The number of rotatable bonds is 2. The molecular formula is C12H16N2. The van der Waals surface area contributed by atoms with Crippen LogP contribution in [0.2, 0.25) is 0 Å². The summed E-state index contributed by atoms with van der Waals surface area (Å²) in [5, 5.41) is 0. The van der Waals surface area contributed by atoms with Gasteiger partial charge in [-0.15, -0.1) is 0 Å². The van der Waals surface area contributed by atoms with Crippen molar-refractivity contribution in [1.29, 1.82) is 0 Å². The molecule has 2 aliphatic rings. The van der Waals surface area contributed by atoms with Crippen molar-refractivity contribution in [3.63, 3.8) is 0 Å². The Labute approximate surface area is 84.7 Å². The maximum Gasteiger partial charge on any atom is 0.0363 e. The van der Waals surface area contributed by atoms with E-state index in [9.17, 15) is 0 Å². The van der Waals surface area contributed by atoms with Gasteiger partial charge >= 0.3 is 0 Å². The van der Waals surface area contributed by atoms with Crippen molar-refractivity contribution >= 4 is 5.69 Å². The van der Waals surface area contributed by atoms with E-state index < -0.39 is 0 Å². The highest BCUT2D eigenvalue weighted by Gasteiger charge is 2.28. The molecule has 1 heterocycles. The lowest BCUT2D eigenvalue weighted by atomic mass is 10.1. The molecule has 2 nitrogen and oxygen atoms in total. The number of hydrogen-bond acceptors (Lipinski definition) is 2. The summed E-state index contributed by atoms with van der Waals surface area (Å²) in [6.45, 7) is 3.45. The summed E-state index contributed by atoms with van der Waals surface area (Å²) < 4.78 is 0. The van der Waals surface area contributed by atoms with Crippen molar-refractivity contribution in [2.24, 2.45) is 5.92 Å². The molecule has 0 atom stereocenters. The van der Waals surface area contributed by atoms with Crippen LogP contribution in [0.5, 0.6) is 0 Å². The van der Waals surface area contributed by atoms with Crippen molar-refractivity contribution in [2.75, 3.05) is 12.3 Å². The highest BCUT2D eigenvalue weighted by Crippen LogP contribution is 2.34. The van der Waals surface area contributed by atoms with Crippen LogP contribution in [0.1, 0.15) is 24.0 Å². The number of anilines is 1. The van der Waals surface area contributed by atoms with Crippen molar-refractivity contribution < 1.29 is 0 Å². The molecule has 1 fully saturated rings. The molecule has 74 valence electrons. The molecule has 0 aromatic heterocycles. The Hall–Kier alpha value is -1.02. The van der Waals surface area contributed by atoms with E-state index in [1.54, 1.807) is 0 Å². The van der Waals surface area contributed by atoms with Crippen LogP contribution in [-0.4, -0.2) is 11.4 Å². The van der Waals surface area contributed by atoms with Gasteiger partial charge in [0.15, 0.2) is 0 Å². The first kappa shape index (κ1) is 8.30. The first-order chi connectivity index (χ1) is 6.83. The molecule has 0 bridgehead atoms. The Balaban J connectivity index is 1.78. The molecule has 2 heteroatoms. The summed E-state index contributed by atoms with van der Waals surface area (Å²) in [7, 11) is 0. The van der Waals surface area contributed by atoms with E-state index in [-0.39, 0.29) is 0 Å². The lowest BCUT2D eigenvalue weighted by Gasteiger charge is -2.13. The van der Waals surface area contributed by atoms with E-state index in [2.05, 4.69) is 17.0 Å². The summed E-state index contributed by atoms with van der Waals surface area (Å²) in [5.41, 5.74) is 9.73. The second-order valence-electron chi connectivity index (χ2n) is 4.60. The molecule has 0 spiro atoms. The fourth-order valence-electron chi connectivity index (χ4n) is 2.31. The number of hydrogen-bond donors (Lipinski definition) is 1. The zero-order chi connectivity index (χ0) is 9.54. The average molecular weight is 188 g/mol. The summed E-state index contributed by atoms with van der Waals surface area (Å²) in [6, 6.07) is 6.28. The second-order valence-corrected chi connectivity index (χ2v) is 4.60. The van der Waals surface area contributed by atoms with Crippen LogP contribution in [0.4, 0.5) is 5.69 Å². The number of benzene rings is 1. The minimum Gasteiger partial charge on any atom is -0.398 e. The van der Waals surface area contributed by atoms with Crippen LogP contribution in [0.15, 0.2) is 18.2 Å². The zero-order valence-corrected chi connectivity index (χ0v) is 8.37. The lowest BCUT2D eigenvalue weighted by molar-refractivity contribution is 0.272. The monoisotopic (exact) mass is 188 g/mol. The standard InChI is InChI=1S/C12H16N2/c13-12-3-1-2-10-7-14(8-11(10)12)6-9-4-5-9/h1-3,9H,4-8,13H2. The first-order valence-electron chi connectivity index (χ1n) is 5.41. The van der Waals surface area contributed by atoms with E-state index in [0.717, 1.165) is 24.7 Å². The second kappa shape index (κ2) is 2.99. The molecule has 1 aliphatic carbocycles. The summed E-state index contributed by atoms with van der Waals surface area (Å²) >= 11 is 0. The number of fused-ring (bicyclic) bond motifs is 1. The lowest BCUT2D eigenvalue weighted by Crippen LogP contribution is -2.19. The summed E-state index contributed by atoms with van der Waals surface area (Å²) in [5.74, 6) is 0.977. The molecule has 3 rings (SSSR count). The summed E-state index contributed by atoms with van der Waals surface area (Å²) in [4.78, 5) is 2.53. The topological polar surface area (TPSA) is 29.3 Å². The Morgan fingerprint density at radius 3 is 2.86 bits per heavy atom. The molecule has 1 aromatic rings. The van der Waals surface area contributed by atoms with E-state index in [4.69, 9.17) is 5.73 Å².